The number of rotatable bonds is 7. The molecule has 0 amide bonds. The van der Waals surface area contributed by atoms with Crippen LogP contribution in [0, 0.1) is 12.3 Å². The van der Waals surface area contributed by atoms with E-state index in [0.29, 0.717) is 31.3 Å². The Labute approximate surface area is 189 Å². The zero-order chi connectivity index (χ0) is 23.5. The van der Waals surface area contributed by atoms with Crippen LogP contribution < -0.4 is 14.9 Å². The number of carbonyl (C=O) groups excluding carboxylic acids is 1. The van der Waals surface area contributed by atoms with Gasteiger partial charge in [0, 0.05) is 44.0 Å². The molecule has 0 saturated carbocycles. The van der Waals surface area contributed by atoms with Crippen LogP contribution in [0.1, 0.15) is 56.1 Å². The van der Waals surface area contributed by atoms with Crippen molar-refractivity contribution >= 4 is 5.97 Å². The maximum absolute atomic E-state index is 12.8. The van der Waals surface area contributed by atoms with Gasteiger partial charge >= 0.3 is 5.97 Å². The molecule has 2 aromatic rings. The molecule has 0 spiro atoms. The van der Waals surface area contributed by atoms with E-state index in [4.69, 9.17) is 18.9 Å². The van der Waals surface area contributed by atoms with Gasteiger partial charge in [0.1, 0.15) is 23.7 Å². The van der Waals surface area contributed by atoms with Crippen molar-refractivity contribution in [3.8, 4) is 22.8 Å². The van der Waals surface area contributed by atoms with Crippen LogP contribution in [0.5, 0.6) is 11.5 Å². The molecule has 1 atom stereocenters. The molecule has 7 heteroatoms. The van der Waals surface area contributed by atoms with Gasteiger partial charge in [-0.15, -0.1) is 0 Å². The number of benzene rings is 1. The van der Waals surface area contributed by atoms with Crippen LogP contribution in [0.3, 0.4) is 0 Å². The Balaban J connectivity index is 2.12. The topological polar surface area (TPSA) is 76.0 Å². The molecule has 0 fully saturated rings. The van der Waals surface area contributed by atoms with Gasteiger partial charge in [0.15, 0.2) is 5.43 Å². The third-order valence-corrected chi connectivity index (χ3v) is 5.61. The summed E-state index contributed by atoms with van der Waals surface area (Å²) >= 11 is 0. The predicted octanol–water partition coefficient (Wildman–Crippen LogP) is 4.40. The number of carbonyl (C=O) groups is 1. The summed E-state index contributed by atoms with van der Waals surface area (Å²) in [5.41, 5.74) is 1.92. The summed E-state index contributed by atoms with van der Waals surface area (Å²) < 4.78 is 24.3. The van der Waals surface area contributed by atoms with Gasteiger partial charge in [0.25, 0.3) is 0 Å². The van der Waals surface area contributed by atoms with E-state index in [1.165, 1.54) is 6.07 Å². The van der Waals surface area contributed by atoms with Crippen LogP contribution in [0.4, 0.5) is 0 Å². The number of aromatic nitrogens is 1. The highest BCUT2D eigenvalue weighted by Crippen LogP contribution is 2.43. The Kier molecular flexibility index (Phi) is 7.29. The average Bonchev–Trinajstić information content (AvgIpc) is 2.87. The number of pyridine rings is 1. The van der Waals surface area contributed by atoms with Gasteiger partial charge < -0.3 is 23.5 Å². The number of ether oxygens (including phenoxy) is 4. The summed E-state index contributed by atoms with van der Waals surface area (Å²) in [6.07, 6.45) is 2.41. The fourth-order valence-corrected chi connectivity index (χ4v) is 3.83. The second kappa shape index (κ2) is 9.77. The summed E-state index contributed by atoms with van der Waals surface area (Å²) in [4.78, 5) is 25.2. The number of methoxy groups -OCH3 is 1. The Bertz CT molecular complexity index is 1030. The molecule has 1 aliphatic heterocycles. The first-order valence-corrected chi connectivity index (χ1v) is 11.0. The predicted molar refractivity (Wildman–Crippen MR) is 123 cm³/mol. The van der Waals surface area contributed by atoms with Gasteiger partial charge in [-0.05, 0) is 30.9 Å². The SMILES string of the molecule is CCOC(=O)c1cn2c(cc1=O)-c1cc(C)c(OCCCOC)cc1OC[C@H]2C(C)(C)C. The fraction of sp³-hybridized carbons (Fsp3) is 0.520. The molecule has 0 unspecified atom stereocenters. The van der Waals surface area contributed by atoms with Gasteiger partial charge in [0.05, 0.1) is 24.9 Å². The zero-order valence-electron chi connectivity index (χ0n) is 19.8. The molecule has 2 heterocycles. The van der Waals surface area contributed by atoms with Crippen molar-refractivity contribution in [1.29, 1.82) is 0 Å². The second-order valence-corrected chi connectivity index (χ2v) is 9.07. The van der Waals surface area contributed by atoms with Gasteiger partial charge in [-0.1, -0.05) is 20.8 Å². The summed E-state index contributed by atoms with van der Waals surface area (Å²) in [5, 5.41) is 0. The molecule has 1 aliphatic rings. The lowest BCUT2D eigenvalue weighted by Gasteiger charge is -2.32. The molecule has 174 valence electrons. The molecule has 1 aromatic heterocycles. The van der Waals surface area contributed by atoms with Crippen LogP contribution in [-0.4, -0.2) is 44.1 Å². The molecule has 1 aromatic carbocycles. The average molecular weight is 444 g/mol. The standard InChI is InChI=1S/C25H33NO6/c1-7-30-24(28)18-14-26-19(12-20(18)27)17-11-16(2)21(31-10-8-9-29-6)13-22(17)32-15-23(26)25(3,4)5/h11-14,23H,7-10,15H2,1-6H3/t23-/m0/s1. The Hall–Kier alpha value is -2.80. The monoisotopic (exact) mass is 443 g/mol. The van der Waals surface area contributed by atoms with Gasteiger partial charge in [-0.3, -0.25) is 4.79 Å². The van der Waals surface area contributed by atoms with E-state index in [0.717, 1.165) is 23.3 Å². The second-order valence-electron chi connectivity index (χ2n) is 9.07. The third kappa shape index (κ3) is 4.99. The maximum Gasteiger partial charge on any atom is 0.343 e. The first-order chi connectivity index (χ1) is 15.2. The zero-order valence-corrected chi connectivity index (χ0v) is 19.8. The van der Waals surface area contributed by atoms with Gasteiger partial charge in [-0.25, -0.2) is 4.79 Å². The fourth-order valence-electron chi connectivity index (χ4n) is 3.83. The summed E-state index contributed by atoms with van der Waals surface area (Å²) in [5.74, 6) is 0.786. The van der Waals surface area contributed by atoms with Crippen molar-refractivity contribution < 1.29 is 23.7 Å². The lowest BCUT2D eigenvalue weighted by molar-refractivity contribution is 0.0522. The minimum atomic E-state index is -0.609. The molecule has 0 saturated heterocycles. The Morgan fingerprint density at radius 2 is 1.97 bits per heavy atom. The van der Waals surface area contributed by atoms with Crippen LogP contribution in [-0.2, 0) is 9.47 Å². The number of fused-ring (bicyclic) bond motifs is 3. The minimum absolute atomic E-state index is 0.0307. The van der Waals surface area contributed by atoms with Crippen molar-refractivity contribution in [3.05, 3.63) is 45.7 Å². The molecular formula is C25H33NO6. The van der Waals surface area contributed by atoms with Crippen LogP contribution in [0.15, 0.2) is 29.2 Å². The van der Waals surface area contributed by atoms with Crippen molar-refractivity contribution in [2.45, 2.75) is 47.1 Å². The van der Waals surface area contributed by atoms with E-state index in [9.17, 15) is 9.59 Å². The molecule has 0 radical (unpaired) electrons. The highest BCUT2D eigenvalue weighted by molar-refractivity contribution is 5.89. The normalized spacial score (nSPS) is 15.2. The van der Waals surface area contributed by atoms with E-state index in [1.54, 1.807) is 20.2 Å². The van der Waals surface area contributed by atoms with Crippen molar-refractivity contribution in [2.24, 2.45) is 5.41 Å². The smallest absolute Gasteiger partial charge is 0.343 e. The number of esters is 1. The summed E-state index contributed by atoms with van der Waals surface area (Å²) in [6.45, 7) is 11.8. The number of aryl methyl sites for hydroxylation is 1. The molecular weight excluding hydrogens is 410 g/mol. The third-order valence-electron chi connectivity index (χ3n) is 5.61. The lowest BCUT2D eigenvalue weighted by Crippen LogP contribution is -2.31. The number of hydrogen-bond donors (Lipinski definition) is 0. The van der Waals surface area contributed by atoms with Gasteiger partial charge in [-0.2, -0.15) is 0 Å². The van der Waals surface area contributed by atoms with Crippen LogP contribution in [0.25, 0.3) is 11.3 Å². The molecule has 0 aliphatic carbocycles. The Morgan fingerprint density at radius 1 is 1.22 bits per heavy atom. The van der Waals surface area contributed by atoms with E-state index >= 15 is 0 Å². The van der Waals surface area contributed by atoms with Crippen molar-refractivity contribution in [2.75, 3.05) is 33.5 Å². The molecule has 7 nitrogen and oxygen atoms in total. The summed E-state index contributed by atoms with van der Waals surface area (Å²) in [6, 6.07) is 5.26. The lowest BCUT2D eigenvalue weighted by atomic mass is 9.86. The van der Waals surface area contributed by atoms with Crippen molar-refractivity contribution in [3.63, 3.8) is 0 Å². The highest BCUT2D eigenvalue weighted by Gasteiger charge is 2.33. The Morgan fingerprint density at radius 3 is 2.62 bits per heavy atom. The largest absolute Gasteiger partial charge is 0.493 e. The molecule has 32 heavy (non-hydrogen) atoms. The number of nitrogens with zero attached hydrogens (tertiary/aromatic N) is 1. The number of hydrogen-bond acceptors (Lipinski definition) is 6. The summed E-state index contributed by atoms with van der Waals surface area (Å²) in [7, 11) is 1.67. The van der Waals surface area contributed by atoms with Crippen LogP contribution in [0.2, 0.25) is 0 Å². The van der Waals surface area contributed by atoms with E-state index in [-0.39, 0.29) is 29.1 Å². The maximum atomic E-state index is 12.8. The minimum Gasteiger partial charge on any atom is -0.493 e. The van der Waals surface area contributed by atoms with Gasteiger partial charge in [0.2, 0.25) is 0 Å². The first-order valence-electron chi connectivity index (χ1n) is 11.0. The molecule has 0 N–H and O–H groups in total. The van der Waals surface area contributed by atoms with E-state index in [2.05, 4.69) is 20.8 Å². The van der Waals surface area contributed by atoms with Crippen molar-refractivity contribution in [1.82, 2.24) is 4.57 Å². The highest BCUT2D eigenvalue weighted by atomic mass is 16.5. The quantitative estimate of drug-likeness (QED) is 0.467. The van der Waals surface area contributed by atoms with Crippen LogP contribution >= 0.6 is 0 Å². The molecule has 3 rings (SSSR count). The molecule has 0 bridgehead atoms. The van der Waals surface area contributed by atoms with E-state index < -0.39 is 5.97 Å². The van der Waals surface area contributed by atoms with E-state index in [1.807, 2.05) is 23.6 Å². The first kappa shape index (κ1) is 23.9.